The Hall–Kier alpha value is -2.36. The summed E-state index contributed by atoms with van der Waals surface area (Å²) in [6.07, 6.45) is 3.89. The molecule has 9 heteroatoms. The van der Waals surface area contributed by atoms with E-state index < -0.39 is 0 Å². The van der Waals surface area contributed by atoms with Gasteiger partial charge in [0.25, 0.3) is 0 Å². The molecule has 162 valence electrons. The van der Waals surface area contributed by atoms with E-state index in [1.807, 2.05) is 30.5 Å². The van der Waals surface area contributed by atoms with Gasteiger partial charge in [-0.3, -0.25) is 4.79 Å². The summed E-state index contributed by atoms with van der Waals surface area (Å²) in [5.41, 5.74) is 6.06. The number of likely N-dealkylation sites (N-methyl/N-ethyl adjacent to an activating group) is 1. The van der Waals surface area contributed by atoms with Gasteiger partial charge in [-0.25, -0.2) is 4.98 Å². The summed E-state index contributed by atoms with van der Waals surface area (Å²) in [6.45, 7) is 6.55. The Labute approximate surface area is 182 Å². The van der Waals surface area contributed by atoms with Crippen LogP contribution in [-0.4, -0.2) is 67.2 Å². The number of ether oxygens (including phenoxy) is 1. The van der Waals surface area contributed by atoms with Crippen molar-refractivity contribution in [3.63, 3.8) is 0 Å². The first kappa shape index (κ1) is 22.3. The minimum Gasteiger partial charge on any atom is -0.477 e. The molecule has 2 heterocycles. The molecule has 0 spiro atoms. The topological polar surface area (TPSA) is 96.6 Å². The van der Waals surface area contributed by atoms with Crippen LogP contribution in [0.2, 0.25) is 0 Å². The van der Waals surface area contributed by atoms with E-state index in [1.54, 1.807) is 11.8 Å². The fourth-order valence-corrected chi connectivity index (χ4v) is 3.76. The first-order valence-electron chi connectivity index (χ1n) is 10.3. The van der Waals surface area contributed by atoms with Crippen molar-refractivity contribution >= 4 is 29.3 Å². The molecule has 1 saturated heterocycles. The van der Waals surface area contributed by atoms with Crippen molar-refractivity contribution in [1.82, 2.24) is 14.9 Å². The molecule has 1 aromatic heterocycles. The van der Waals surface area contributed by atoms with Gasteiger partial charge in [-0.05, 0) is 37.7 Å². The number of unbranched alkanes of at least 4 members (excludes halogenated alkanes) is 1. The summed E-state index contributed by atoms with van der Waals surface area (Å²) in [5, 5.41) is 2.74. The van der Waals surface area contributed by atoms with Crippen LogP contribution in [0.5, 0.6) is 5.88 Å². The minimum absolute atomic E-state index is 0.0358. The lowest BCUT2D eigenvalue weighted by molar-refractivity contribution is -0.114. The molecule has 3 N–H and O–H groups in total. The number of carbonyl (C=O) groups excluding carboxylic acids is 1. The Morgan fingerprint density at radius 1 is 1.23 bits per heavy atom. The molecular weight excluding hydrogens is 400 g/mol. The van der Waals surface area contributed by atoms with Gasteiger partial charge in [0, 0.05) is 36.8 Å². The number of amides is 1. The van der Waals surface area contributed by atoms with Crippen LogP contribution in [0.15, 0.2) is 40.3 Å². The molecule has 8 nitrogen and oxygen atoms in total. The second-order valence-electron chi connectivity index (χ2n) is 7.21. The van der Waals surface area contributed by atoms with Crippen LogP contribution in [0.25, 0.3) is 0 Å². The number of rotatable bonds is 9. The van der Waals surface area contributed by atoms with Gasteiger partial charge in [0.15, 0.2) is 0 Å². The molecule has 1 aromatic carbocycles. The second-order valence-corrected chi connectivity index (χ2v) is 8.33. The normalized spacial score (nSPS) is 14.6. The monoisotopic (exact) mass is 430 g/mol. The van der Waals surface area contributed by atoms with Crippen molar-refractivity contribution in [3.05, 3.63) is 30.5 Å². The van der Waals surface area contributed by atoms with Gasteiger partial charge in [0.2, 0.25) is 17.7 Å². The van der Waals surface area contributed by atoms with Crippen LogP contribution in [0.1, 0.15) is 19.8 Å². The van der Waals surface area contributed by atoms with E-state index in [0.29, 0.717) is 12.5 Å². The van der Waals surface area contributed by atoms with Gasteiger partial charge < -0.3 is 25.6 Å². The van der Waals surface area contributed by atoms with Crippen LogP contribution in [-0.2, 0) is 4.79 Å². The maximum absolute atomic E-state index is 11.4. The van der Waals surface area contributed by atoms with Crippen molar-refractivity contribution in [3.8, 4) is 5.88 Å². The van der Waals surface area contributed by atoms with Gasteiger partial charge >= 0.3 is 0 Å². The highest BCUT2D eigenvalue weighted by Gasteiger charge is 2.19. The zero-order valence-corrected chi connectivity index (χ0v) is 18.5. The highest BCUT2D eigenvalue weighted by Crippen LogP contribution is 2.35. The molecule has 0 atom stereocenters. The molecule has 1 aliphatic rings. The van der Waals surface area contributed by atoms with E-state index in [4.69, 9.17) is 15.5 Å². The molecule has 30 heavy (non-hydrogen) atoms. The first-order chi connectivity index (χ1) is 14.6. The van der Waals surface area contributed by atoms with Gasteiger partial charge in [0.05, 0.1) is 24.2 Å². The average Bonchev–Trinajstić information content (AvgIpc) is 2.76. The van der Waals surface area contributed by atoms with E-state index in [0.717, 1.165) is 60.4 Å². The number of aromatic nitrogens is 2. The van der Waals surface area contributed by atoms with Crippen molar-refractivity contribution < 1.29 is 9.53 Å². The van der Waals surface area contributed by atoms with Gasteiger partial charge in [0.1, 0.15) is 0 Å². The molecule has 1 fully saturated rings. The number of hydrogen-bond donors (Lipinski definition) is 2. The molecular formula is C21H30N6O2S. The zero-order valence-electron chi connectivity index (χ0n) is 17.6. The molecule has 2 aromatic rings. The highest BCUT2D eigenvalue weighted by atomic mass is 32.2. The Morgan fingerprint density at radius 2 is 1.97 bits per heavy atom. The Morgan fingerprint density at radius 3 is 2.63 bits per heavy atom. The highest BCUT2D eigenvalue weighted by molar-refractivity contribution is 7.99. The number of nitrogens with one attached hydrogen (secondary N) is 1. The summed E-state index contributed by atoms with van der Waals surface area (Å²) in [7, 11) is 2.13. The van der Waals surface area contributed by atoms with E-state index in [-0.39, 0.29) is 12.5 Å². The summed E-state index contributed by atoms with van der Waals surface area (Å²) in [6, 6.07) is 7.60. The summed E-state index contributed by atoms with van der Waals surface area (Å²) >= 11 is 1.55. The predicted molar refractivity (Wildman–Crippen MR) is 120 cm³/mol. The molecule has 0 aliphatic carbocycles. The molecule has 1 aliphatic heterocycles. The van der Waals surface area contributed by atoms with Crippen LogP contribution >= 0.6 is 11.8 Å². The van der Waals surface area contributed by atoms with Crippen LogP contribution in [0, 0.1) is 0 Å². The smallest absolute Gasteiger partial charge is 0.238 e. The minimum atomic E-state index is -0.213. The Balaban J connectivity index is 1.74. The van der Waals surface area contributed by atoms with Crippen molar-refractivity contribution in [2.75, 3.05) is 56.6 Å². The number of nitrogens with zero attached hydrogens (tertiary/aromatic N) is 4. The summed E-state index contributed by atoms with van der Waals surface area (Å²) in [4.78, 5) is 27.2. The van der Waals surface area contributed by atoms with Gasteiger partial charge in [-0.15, -0.1) is 0 Å². The number of piperazine rings is 1. The van der Waals surface area contributed by atoms with E-state index in [1.165, 1.54) is 0 Å². The Kier molecular flexibility index (Phi) is 8.30. The maximum Gasteiger partial charge on any atom is 0.238 e. The van der Waals surface area contributed by atoms with Crippen molar-refractivity contribution in [2.45, 2.75) is 29.6 Å². The third-order valence-electron chi connectivity index (χ3n) is 4.78. The quantitative estimate of drug-likeness (QED) is 0.586. The number of benzene rings is 1. The van der Waals surface area contributed by atoms with E-state index >= 15 is 0 Å². The molecule has 0 bridgehead atoms. The molecule has 0 saturated carbocycles. The van der Waals surface area contributed by atoms with Crippen molar-refractivity contribution in [1.29, 1.82) is 0 Å². The molecule has 1 amide bonds. The maximum atomic E-state index is 11.4. The molecule has 3 rings (SSSR count). The number of hydrogen-bond acceptors (Lipinski definition) is 8. The Bertz CT molecular complexity index is 825. The summed E-state index contributed by atoms with van der Waals surface area (Å²) in [5.74, 6) is 1.13. The third-order valence-corrected chi connectivity index (χ3v) is 5.79. The number of anilines is 2. The fourth-order valence-electron chi connectivity index (χ4n) is 2.94. The lowest BCUT2D eigenvalue weighted by Gasteiger charge is -2.32. The second kappa shape index (κ2) is 11.1. The van der Waals surface area contributed by atoms with Crippen molar-refractivity contribution in [2.24, 2.45) is 5.73 Å². The number of carbonyl (C=O) groups is 1. The largest absolute Gasteiger partial charge is 0.477 e. The number of nitrogens with two attached hydrogens (primary N) is 1. The SMILES string of the molecule is CCCCOc1nc(N2CCN(C)CC2)ncc1Sc1ccc(NC(=O)CN)cc1. The van der Waals surface area contributed by atoms with Crippen LogP contribution in [0.4, 0.5) is 11.6 Å². The van der Waals surface area contributed by atoms with Gasteiger partial charge in [-0.2, -0.15) is 4.98 Å². The van der Waals surface area contributed by atoms with Crippen LogP contribution in [0.3, 0.4) is 0 Å². The van der Waals surface area contributed by atoms with E-state index in [9.17, 15) is 4.79 Å². The van der Waals surface area contributed by atoms with Gasteiger partial charge in [-0.1, -0.05) is 25.1 Å². The van der Waals surface area contributed by atoms with E-state index in [2.05, 4.69) is 34.1 Å². The lowest BCUT2D eigenvalue weighted by atomic mass is 10.3. The lowest BCUT2D eigenvalue weighted by Crippen LogP contribution is -2.45. The summed E-state index contributed by atoms with van der Waals surface area (Å²) < 4.78 is 6.01. The fraction of sp³-hybridized carbons (Fsp3) is 0.476. The average molecular weight is 431 g/mol. The molecule has 0 radical (unpaired) electrons. The first-order valence-corrected chi connectivity index (χ1v) is 11.1. The zero-order chi connectivity index (χ0) is 21.3. The standard InChI is InChI=1S/C21H30N6O2S/c1-3-4-13-29-20-18(15-23-21(25-20)27-11-9-26(2)10-12-27)30-17-7-5-16(6-8-17)24-19(28)14-22/h5-8,15H,3-4,9-14,22H2,1-2H3,(H,24,28). The predicted octanol–water partition coefficient (Wildman–Crippen LogP) is 2.46. The van der Waals surface area contributed by atoms with Crippen LogP contribution < -0.4 is 20.7 Å². The third kappa shape index (κ3) is 6.32. The molecule has 0 unspecified atom stereocenters.